The number of benzene rings is 2. The molecule has 0 aliphatic rings. The molecule has 0 aliphatic carbocycles. The second kappa shape index (κ2) is 9.53. The SMILES string of the molecule is CCN(C)C=Nc1cc(C)c(C(COc2ccccc2Br)=NC)cc1C. The van der Waals surface area contributed by atoms with E-state index in [-0.39, 0.29) is 0 Å². The fourth-order valence-electron chi connectivity index (χ4n) is 2.46. The lowest BCUT2D eigenvalue weighted by molar-refractivity contribution is 0.374. The minimum atomic E-state index is 0.417. The molecule has 5 heteroatoms. The van der Waals surface area contributed by atoms with E-state index in [4.69, 9.17) is 4.74 Å². The molecule has 0 saturated heterocycles. The van der Waals surface area contributed by atoms with Crippen molar-refractivity contribution < 1.29 is 4.74 Å². The van der Waals surface area contributed by atoms with E-state index in [0.717, 1.165) is 44.9 Å². The summed E-state index contributed by atoms with van der Waals surface area (Å²) in [6.45, 7) is 7.60. The van der Waals surface area contributed by atoms with E-state index in [0.29, 0.717) is 6.61 Å². The maximum atomic E-state index is 5.95. The van der Waals surface area contributed by atoms with Crippen molar-refractivity contribution in [2.75, 3.05) is 27.2 Å². The highest BCUT2D eigenvalue weighted by Crippen LogP contribution is 2.26. The Morgan fingerprint density at radius 1 is 1.19 bits per heavy atom. The fourth-order valence-corrected chi connectivity index (χ4v) is 2.86. The van der Waals surface area contributed by atoms with E-state index in [1.165, 1.54) is 0 Å². The topological polar surface area (TPSA) is 37.2 Å². The Morgan fingerprint density at radius 2 is 1.92 bits per heavy atom. The number of ether oxygens (including phenoxy) is 1. The van der Waals surface area contributed by atoms with E-state index in [9.17, 15) is 0 Å². The summed E-state index contributed by atoms with van der Waals surface area (Å²) in [4.78, 5) is 11.1. The van der Waals surface area contributed by atoms with Gasteiger partial charge in [0.25, 0.3) is 0 Å². The van der Waals surface area contributed by atoms with E-state index in [1.807, 2.05) is 42.6 Å². The zero-order valence-electron chi connectivity index (χ0n) is 16.1. The van der Waals surface area contributed by atoms with Gasteiger partial charge in [-0.05, 0) is 72.1 Å². The largest absolute Gasteiger partial charge is 0.486 e. The smallest absolute Gasteiger partial charge is 0.134 e. The molecular formula is C21H26BrN3O. The lowest BCUT2D eigenvalue weighted by Gasteiger charge is -2.14. The quantitative estimate of drug-likeness (QED) is 0.461. The molecule has 0 heterocycles. The van der Waals surface area contributed by atoms with Crippen molar-refractivity contribution in [2.45, 2.75) is 20.8 Å². The summed E-state index contributed by atoms with van der Waals surface area (Å²) in [7, 11) is 3.82. The molecule has 0 aliphatic heterocycles. The summed E-state index contributed by atoms with van der Waals surface area (Å²) >= 11 is 3.51. The lowest BCUT2D eigenvalue weighted by Crippen LogP contribution is -2.15. The molecule has 0 radical (unpaired) electrons. The molecule has 138 valence electrons. The summed E-state index contributed by atoms with van der Waals surface area (Å²) in [6.07, 6.45) is 1.87. The van der Waals surface area contributed by atoms with Gasteiger partial charge in [-0.2, -0.15) is 0 Å². The molecule has 0 amide bonds. The highest BCUT2D eigenvalue weighted by Gasteiger charge is 2.11. The van der Waals surface area contributed by atoms with Gasteiger partial charge >= 0.3 is 0 Å². The molecule has 0 N–H and O–H groups in total. The average molecular weight is 416 g/mol. The zero-order valence-corrected chi connectivity index (χ0v) is 17.7. The van der Waals surface area contributed by atoms with Crippen molar-refractivity contribution in [3.8, 4) is 5.75 Å². The van der Waals surface area contributed by atoms with Crippen molar-refractivity contribution in [1.29, 1.82) is 0 Å². The minimum Gasteiger partial charge on any atom is -0.486 e. The van der Waals surface area contributed by atoms with Crippen LogP contribution in [-0.4, -0.2) is 44.2 Å². The van der Waals surface area contributed by atoms with Crippen molar-refractivity contribution in [3.05, 3.63) is 57.6 Å². The van der Waals surface area contributed by atoms with Crippen molar-refractivity contribution in [2.24, 2.45) is 9.98 Å². The fraction of sp³-hybridized carbons (Fsp3) is 0.333. The molecule has 26 heavy (non-hydrogen) atoms. The maximum absolute atomic E-state index is 5.95. The highest BCUT2D eigenvalue weighted by atomic mass is 79.9. The lowest BCUT2D eigenvalue weighted by atomic mass is 10.00. The normalized spacial score (nSPS) is 11.8. The molecule has 0 saturated carbocycles. The van der Waals surface area contributed by atoms with E-state index < -0.39 is 0 Å². The van der Waals surface area contributed by atoms with Crippen LogP contribution in [0.2, 0.25) is 0 Å². The maximum Gasteiger partial charge on any atom is 0.134 e. The van der Waals surface area contributed by atoms with Gasteiger partial charge in [0.1, 0.15) is 12.4 Å². The summed E-state index contributed by atoms with van der Waals surface area (Å²) < 4.78 is 6.89. The molecule has 2 aromatic carbocycles. The first-order chi connectivity index (χ1) is 12.5. The Kier molecular flexibility index (Phi) is 7.39. The molecule has 0 atom stereocenters. The van der Waals surface area contributed by atoms with Crippen LogP contribution in [0.5, 0.6) is 5.75 Å². The van der Waals surface area contributed by atoms with Gasteiger partial charge in [0.15, 0.2) is 0 Å². The molecular weight excluding hydrogens is 390 g/mol. The van der Waals surface area contributed by atoms with Gasteiger partial charge in [0.2, 0.25) is 0 Å². The van der Waals surface area contributed by atoms with Gasteiger partial charge in [0.05, 0.1) is 22.2 Å². The van der Waals surface area contributed by atoms with Crippen LogP contribution in [0.3, 0.4) is 0 Å². The Hall–Kier alpha value is -2.14. The number of hydrogen-bond donors (Lipinski definition) is 0. The van der Waals surface area contributed by atoms with Crippen LogP contribution in [0.15, 0.2) is 50.9 Å². The summed E-state index contributed by atoms with van der Waals surface area (Å²) in [5.41, 5.74) is 5.25. The van der Waals surface area contributed by atoms with Crippen LogP contribution in [-0.2, 0) is 0 Å². The Labute approximate surface area is 164 Å². The predicted molar refractivity (Wildman–Crippen MR) is 114 cm³/mol. The van der Waals surface area contributed by atoms with Crippen LogP contribution in [0, 0.1) is 13.8 Å². The monoisotopic (exact) mass is 415 g/mol. The average Bonchev–Trinajstić information content (AvgIpc) is 2.64. The Balaban J connectivity index is 2.22. The predicted octanol–water partition coefficient (Wildman–Crippen LogP) is 5.18. The third-order valence-corrected chi connectivity index (χ3v) is 4.87. The van der Waals surface area contributed by atoms with Crippen LogP contribution in [0.4, 0.5) is 5.69 Å². The summed E-state index contributed by atoms with van der Waals surface area (Å²) in [6, 6.07) is 12.1. The Morgan fingerprint density at radius 3 is 2.58 bits per heavy atom. The van der Waals surface area contributed by atoms with Gasteiger partial charge in [-0.3, -0.25) is 4.99 Å². The van der Waals surface area contributed by atoms with Crippen molar-refractivity contribution >= 4 is 33.7 Å². The molecule has 0 unspecified atom stereocenters. The van der Waals surface area contributed by atoms with Gasteiger partial charge in [-0.1, -0.05) is 12.1 Å². The number of rotatable bonds is 7. The molecule has 0 fully saturated rings. The first kappa shape index (κ1) is 20.2. The standard InChI is InChI=1S/C21H26BrN3O/c1-6-25(5)14-24-19-12-15(2)17(11-16(19)3)20(23-4)13-26-21-10-8-7-9-18(21)22/h7-12,14H,6,13H2,1-5H3. The third kappa shape index (κ3) is 5.18. The highest BCUT2D eigenvalue weighted by molar-refractivity contribution is 9.10. The Bertz CT molecular complexity index is 815. The molecule has 0 spiro atoms. The molecule has 2 aromatic rings. The van der Waals surface area contributed by atoms with Gasteiger partial charge in [-0.15, -0.1) is 0 Å². The third-order valence-electron chi connectivity index (χ3n) is 4.22. The first-order valence-corrected chi connectivity index (χ1v) is 9.44. The van der Waals surface area contributed by atoms with E-state index >= 15 is 0 Å². The number of para-hydroxylation sites is 1. The van der Waals surface area contributed by atoms with Crippen molar-refractivity contribution in [3.63, 3.8) is 0 Å². The molecule has 2 rings (SSSR count). The van der Waals surface area contributed by atoms with Crippen LogP contribution >= 0.6 is 15.9 Å². The van der Waals surface area contributed by atoms with Crippen LogP contribution in [0.25, 0.3) is 0 Å². The number of aryl methyl sites for hydroxylation is 2. The number of hydrogen-bond acceptors (Lipinski definition) is 3. The minimum absolute atomic E-state index is 0.417. The molecule has 0 bridgehead atoms. The first-order valence-electron chi connectivity index (χ1n) is 8.65. The van der Waals surface area contributed by atoms with Crippen LogP contribution < -0.4 is 4.74 Å². The zero-order chi connectivity index (χ0) is 19.1. The summed E-state index contributed by atoms with van der Waals surface area (Å²) in [5.74, 6) is 0.812. The summed E-state index contributed by atoms with van der Waals surface area (Å²) in [5, 5.41) is 0. The van der Waals surface area contributed by atoms with Crippen molar-refractivity contribution in [1.82, 2.24) is 4.90 Å². The molecule has 4 nitrogen and oxygen atoms in total. The van der Waals surface area contributed by atoms with E-state index in [1.54, 1.807) is 7.05 Å². The van der Waals surface area contributed by atoms with E-state index in [2.05, 4.69) is 58.8 Å². The number of halogens is 1. The number of aliphatic imine (C=N–C) groups is 2. The number of nitrogens with zero attached hydrogens (tertiary/aromatic N) is 3. The second-order valence-electron chi connectivity index (χ2n) is 6.16. The molecule has 0 aromatic heterocycles. The van der Waals surface area contributed by atoms with Gasteiger partial charge < -0.3 is 9.64 Å². The second-order valence-corrected chi connectivity index (χ2v) is 7.02. The van der Waals surface area contributed by atoms with Crippen LogP contribution in [0.1, 0.15) is 23.6 Å². The van der Waals surface area contributed by atoms with Gasteiger partial charge in [0, 0.05) is 26.2 Å². The van der Waals surface area contributed by atoms with Gasteiger partial charge in [-0.25, -0.2) is 4.99 Å².